The Labute approximate surface area is 196 Å². The molecule has 0 aliphatic rings. The van der Waals surface area contributed by atoms with E-state index in [1.165, 1.54) is 0 Å². The highest BCUT2D eigenvalue weighted by molar-refractivity contribution is 5.94. The van der Waals surface area contributed by atoms with Crippen molar-refractivity contribution in [2.75, 3.05) is 0 Å². The highest BCUT2D eigenvalue weighted by atomic mass is 16.1. The first kappa shape index (κ1) is 21.3. The van der Waals surface area contributed by atoms with Crippen LogP contribution >= 0.6 is 0 Å². The third kappa shape index (κ3) is 4.09. The topological polar surface area (TPSA) is 76.9 Å². The average Bonchev–Trinajstić information content (AvgIpc) is 2.88. The molecule has 1 amide bonds. The fourth-order valence-electron chi connectivity index (χ4n) is 4.04. The minimum atomic E-state index is -0.385. The van der Waals surface area contributed by atoms with Crippen molar-refractivity contribution in [3.05, 3.63) is 136 Å². The van der Waals surface area contributed by atoms with Crippen LogP contribution in [0.5, 0.6) is 0 Å². The molecule has 6 nitrogen and oxygen atoms in total. The molecule has 166 valence electrons. The molecule has 0 radical (unpaired) electrons. The number of para-hydroxylation sites is 1. The summed E-state index contributed by atoms with van der Waals surface area (Å²) in [5.74, 6) is 0.354. The Morgan fingerprint density at radius 3 is 2.29 bits per heavy atom. The van der Waals surface area contributed by atoms with Gasteiger partial charge in [-0.1, -0.05) is 48.5 Å². The molecule has 0 bridgehead atoms. The Balaban J connectivity index is 1.45. The summed E-state index contributed by atoms with van der Waals surface area (Å²) in [5, 5.41) is 3.64. The van der Waals surface area contributed by atoms with E-state index < -0.39 is 0 Å². The summed E-state index contributed by atoms with van der Waals surface area (Å²) in [4.78, 5) is 35.2. The van der Waals surface area contributed by atoms with E-state index in [-0.39, 0.29) is 17.5 Å². The van der Waals surface area contributed by atoms with E-state index in [0.29, 0.717) is 28.0 Å². The number of fused-ring (bicyclic) bond motifs is 1. The standard InChI is InChI=1S/C28H22N4O2/c1-19-30-24-12-6-5-11-23(24)28(34)32(19)22-16-14-21(15-17-22)27(33)31-26(20-9-3-2-4-10-20)25-13-7-8-18-29-25/h2-18,26H,1H3,(H,31,33). The molecule has 5 aromatic rings. The van der Waals surface area contributed by atoms with Crippen molar-refractivity contribution in [1.82, 2.24) is 19.9 Å². The number of aryl methyl sites for hydroxylation is 1. The molecular formula is C28H22N4O2. The Hall–Kier alpha value is -4.58. The van der Waals surface area contributed by atoms with Crippen molar-refractivity contribution in [1.29, 1.82) is 0 Å². The van der Waals surface area contributed by atoms with Crippen LogP contribution in [-0.2, 0) is 0 Å². The van der Waals surface area contributed by atoms with Crippen LogP contribution in [0.15, 0.2) is 108 Å². The van der Waals surface area contributed by atoms with Gasteiger partial charge in [0.1, 0.15) is 5.82 Å². The van der Waals surface area contributed by atoms with Crippen LogP contribution in [0.3, 0.4) is 0 Å². The molecule has 0 fully saturated rings. The van der Waals surface area contributed by atoms with Crippen molar-refractivity contribution < 1.29 is 4.79 Å². The summed E-state index contributed by atoms with van der Waals surface area (Å²) in [6, 6.07) is 29.2. The summed E-state index contributed by atoms with van der Waals surface area (Å²) in [6.07, 6.45) is 1.71. The fourth-order valence-corrected chi connectivity index (χ4v) is 4.04. The van der Waals surface area contributed by atoms with Crippen molar-refractivity contribution in [3.8, 4) is 5.69 Å². The largest absolute Gasteiger partial charge is 0.340 e. The molecule has 0 aliphatic heterocycles. The van der Waals surface area contributed by atoms with Crippen LogP contribution in [0.4, 0.5) is 0 Å². The lowest BCUT2D eigenvalue weighted by Gasteiger charge is -2.19. The molecular weight excluding hydrogens is 424 g/mol. The van der Waals surface area contributed by atoms with Gasteiger partial charge >= 0.3 is 0 Å². The van der Waals surface area contributed by atoms with E-state index in [4.69, 9.17) is 0 Å². The van der Waals surface area contributed by atoms with Gasteiger partial charge in [0.2, 0.25) is 0 Å². The molecule has 3 aromatic carbocycles. The van der Waals surface area contributed by atoms with E-state index in [0.717, 1.165) is 11.3 Å². The summed E-state index contributed by atoms with van der Waals surface area (Å²) < 4.78 is 1.56. The first-order chi connectivity index (χ1) is 16.6. The van der Waals surface area contributed by atoms with Crippen molar-refractivity contribution in [3.63, 3.8) is 0 Å². The van der Waals surface area contributed by atoms with E-state index in [9.17, 15) is 9.59 Å². The van der Waals surface area contributed by atoms with Crippen LogP contribution in [0.25, 0.3) is 16.6 Å². The molecule has 1 N–H and O–H groups in total. The predicted octanol–water partition coefficient (Wildman–Crippen LogP) is 4.61. The number of carbonyl (C=O) groups is 1. The van der Waals surface area contributed by atoms with Gasteiger partial charge in [-0.25, -0.2) is 4.98 Å². The van der Waals surface area contributed by atoms with Gasteiger partial charge < -0.3 is 5.32 Å². The van der Waals surface area contributed by atoms with Crippen molar-refractivity contribution >= 4 is 16.8 Å². The predicted molar refractivity (Wildman–Crippen MR) is 132 cm³/mol. The Bertz CT molecular complexity index is 1470. The second kappa shape index (κ2) is 9.11. The molecule has 6 heteroatoms. The van der Waals surface area contributed by atoms with Crippen LogP contribution < -0.4 is 10.9 Å². The van der Waals surface area contributed by atoms with E-state index in [1.54, 1.807) is 48.0 Å². The van der Waals surface area contributed by atoms with Gasteiger partial charge in [-0.2, -0.15) is 0 Å². The number of nitrogens with one attached hydrogen (secondary N) is 1. The molecule has 2 aromatic heterocycles. The lowest BCUT2D eigenvalue weighted by Crippen LogP contribution is -2.30. The maximum absolute atomic E-state index is 13.1. The van der Waals surface area contributed by atoms with Gasteiger partial charge in [0.15, 0.2) is 0 Å². The molecule has 0 aliphatic carbocycles. The highest BCUT2D eigenvalue weighted by Gasteiger charge is 2.19. The second-order valence-electron chi connectivity index (χ2n) is 7.94. The molecule has 1 unspecified atom stereocenters. The van der Waals surface area contributed by atoms with Gasteiger partial charge in [-0.3, -0.25) is 19.1 Å². The number of rotatable bonds is 5. The van der Waals surface area contributed by atoms with Crippen LogP contribution in [0.1, 0.15) is 33.5 Å². The zero-order chi connectivity index (χ0) is 23.5. The van der Waals surface area contributed by atoms with Crippen LogP contribution in [0.2, 0.25) is 0 Å². The van der Waals surface area contributed by atoms with Gasteiger partial charge in [0.25, 0.3) is 11.5 Å². The van der Waals surface area contributed by atoms with Gasteiger partial charge in [-0.05, 0) is 61.0 Å². The van der Waals surface area contributed by atoms with Crippen LogP contribution in [-0.4, -0.2) is 20.4 Å². The molecule has 2 heterocycles. The van der Waals surface area contributed by atoms with Gasteiger partial charge in [0.05, 0.1) is 28.3 Å². The number of hydrogen-bond donors (Lipinski definition) is 1. The highest BCUT2D eigenvalue weighted by Crippen LogP contribution is 2.21. The maximum Gasteiger partial charge on any atom is 0.265 e. The normalized spacial score (nSPS) is 11.8. The summed E-state index contributed by atoms with van der Waals surface area (Å²) in [7, 11) is 0. The number of aromatic nitrogens is 3. The lowest BCUT2D eigenvalue weighted by atomic mass is 10.0. The first-order valence-electron chi connectivity index (χ1n) is 11.0. The third-order valence-corrected chi connectivity index (χ3v) is 5.72. The van der Waals surface area contributed by atoms with E-state index >= 15 is 0 Å². The quantitative estimate of drug-likeness (QED) is 0.428. The summed E-state index contributed by atoms with van der Waals surface area (Å²) in [5.41, 5.74) is 3.36. The number of hydrogen-bond acceptors (Lipinski definition) is 4. The Kier molecular flexibility index (Phi) is 5.70. The van der Waals surface area contributed by atoms with Crippen LogP contribution in [0, 0.1) is 6.92 Å². The molecule has 0 spiro atoms. The number of nitrogens with zero attached hydrogens (tertiary/aromatic N) is 3. The summed E-state index contributed by atoms with van der Waals surface area (Å²) >= 11 is 0. The van der Waals surface area contributed by atoms with E-state index in [1.807, 2.05) is 66.7 Å². The smallest absolute Gasteiger partial charge is 0.265 e. The Morgan fingerprint density at radius 2 is 1.56 bits per heavy atom. The third-order valence-electron chi connectivity index (χ3n) is 5.72. The molecule has 34 heavy (non-hydrogen) atoms. The van der Waals surface area contributed by atoms with Crippen molar-refractivity contribution in [2.24, 2.45) is 0 Å². The number of pyridine rings is 1. The maximum atomic E-state index is 13.1. The number of carbonyl (C=O) groups excluding carboxylic acids is 1. The SMILES string of the molecule is Cc1nc2ccccc2c(=O)n1-c1ccc(C(=O)NC(c2ccccc2)c2ccccn2)cc1. The first-order valence-corrected chi connectivity index (χ1v) is 11.0. The number of benzene rings is 3. The lowest BCUT2D eigenvalue weighted by molar-refractivity contribution is 0.0942. The minimum Gasteiger partial charge on any atom is -0.340 e. The zero-order valence-electron chi connectivity index (χ0n) is 18.6. The zero-order valence-corrected chi connectivity index (χ0v) is 18.6. The average molecular weight is 447 g/mol. The molecule has 5 rings (SSSR count). The van der Waals surface area contributed by atoms with Gasteiger partial charge in [-0.15, -0.1) is 0 Å². The second-order valence-corrected chi connectivity index (χ2v) is 7.94. The summed E-state index contributed by atoms with van der Waals surface area (Å²) in [6.45, 7) is 1.80. The van der Waals surface area contributed by atoms with Crippen molar-refractivity contribution in [2.45, 2.75) is 13.0 Å². The molecule has 0 saturated heterocycles. The van der Waals surface area contributed by atoms with Gasteiger partial charge in [0, 0.05) is 11.8 Å². The fraction of sp³-hybridized carbons (Fsp3) is 0.0714. The van der Waals surface area contributed by atoms with E-state index in [2.05, 4.69) is 15.3 Å². The minimum absolute atomic E-state index is 0.139. The molecule has 0 saturated carbocycles. The number of amides is 1. The Morgan fingerprint density at radius 1 is 0.853 bits per heavy atom. The monoisotopic (exact) mass is 446 g/mol. The molecule has 1 atom stereocenters.